The van der Waals surface area contributed by atoms with E-state index in [1.807, 2.05) is 0 Å². The summed E-state index contributed by atoms with van der Waals surface area (Å²) in [4.78, 5) is 9.03. The van der Waals surface area contributed by atoms with Crippen LogP contribution in [0.3, 0.4) is 0 Å². The number of rotatable bonds is 6. The second-order valence-electron chi connectivity index (χ2n) is 5.98. The number of halogens is 1. The fourth-order valence-electron chi connectivity index (χ4n) is 2.61. The van der Waals surface area contributed by atoms with Gasteiger partial charge in [0.25, 0.3) is 0 Å². The predicted molar refractivity (Wildman–Crippen MR) is 102 cm³/mol. The molecule has 0 radical (unpaired) electrons. The maximum absolute atomic E-state index is 14.8. The van der Waals surface area contributed by atoms with Crippen molar-refractivity contribution in [3.63, 3.8) is 0 Å². The number of benzene rings is 1. The van der Waals surface area contributed by atoms with Gasteiger partial charge in [-0.05, 0) is 42.8 Å². The van der Waals surface area contributed by atoms with Gasteiger partial charge in [-0.25, -0.2) is 9.07 Å². The first-order valence-electron chi connectivity index (χ1n) is 8.54. The molecule has 2 aromatic heterocycles. The van der Waals surface area contributed by atoms with Gasteiger partial charge < -0.3 is 9.94 Å². The second kappa shape index (κ2) is 8.49. The van der Waals surface area contributed by atoms with Crippen LogP contribution in [0.2, 0.25) is 0 Å². The Kier molecular flexibility index (Phi) is 5.85. The zero-order valence-electron chi connectivity index (χ0n) is 15.2. The Morgan fingerprint density at radius 1 is 1.29 bits per heavy atom. The lowest BCUT2D eigenvalue weighted by Gasteiger charge is -2.11. The number of pyridine rings is 1. The molecule has 0 bridgehead atoms. The predicted octanol–water partition coefficient (Wildman–Crippen LogP) is 1.85. The minimum Gasteiger partial charge on any atom is -0.393 e. The number of aliphatic hydroxyl groups excluding tert-OH is 1. The van der Waals surface area contributed by atoms with Crippen molar-refractivity contribution >= 4 is 22.5 Å². The Morgan fingerprint density at radius 3 is 2.89 bits per heavy atom. The fraction of sp³-hybridized carbons (Fsp3) is 0.211. The van der Waals surface area contributed by atoms with E-state index in [1.54, 1.807) is 43.5 Å². The summed E-state index contributed by atoms with van der Waals surface area (Å²) in [5.74, 6) is -0.494. The average Bonchev–Trinajstić information content (AvgIpc) is 2.70. The lowest BCUT2D eigenvalue weighted by Crippen LogP contribution is -2.31. The smallest absolute Gasteiger partial charge is 0.148 e. The summed E-state index contributed by atoms with van der Waals surface area (Å²) in [6.07, 6.45) is 1.55. The molecule has 0 unspecified atom stereocenters. The Hall–Kier alpha value is -3.46. The topological polar surface area (TPSA) is 120 Å². The van der Waals surface area contributed by atoms with Crippen LogP contribution in [0.4, 0.5) is 4.39 Å². The first-order chi connectivity index (χ1) is 13.5. The highest BCUT2D eigenvalue weighted by Crippen LogP contribution is 2.19. The minimum atomic E-state index is -0.436. The standard InChI is InChI=1S/C19H19FN6O2/c1-12(25-28-10-9-27)15-6-7-17(21)26(24-15)18(22)11-13-4-5-16-14(19(13)20)3-2-8-23-16/h2-8,21-22,27H,9-11H2,1H3. The van der Waals surface area contributed by atoms with Gasteiger partial charge in [-0.15, -0.1) is 0 Å². The van der Waals surface area contributed by atoms with E-state index < -0.39 is 5.82 Å². The van der Waals surface area contributed by atoms with Crippen molar-refractivity contribution in [2.24, 2.45) is 5.16 Å². The van der Waals surface area contributed by atoms with E-state index in [0.717, 1.165) is 4.68 Å². The summed E-state index contributed by atoms with van der Waals surface area (Å²) in [7, 11) is 0. The van der Waals surface area contributed by atoms with Gasteiger partial charge in [-0.2, -0.15) is 5.10 Å². The van der Waals surface area contributed by atoms with Crippen LogP contribution < -0.4 is 5.49 Å². The molecule has 1 aromatic carbocycles. The summed E-state index contributed by atoms with van der Waals surface area (Å²) in [6.45, 7) is 1.56. The highest BCUT2D eigenvalue weighted by Gasteiger charge is 2.13. The van der Waals surface area contributed by atoms with Crippen LogP contribution in [-0.2, 0) is 11.3 Å². The third kappa shape index (κ3) is 4.09. The van der Waals surface area contributed by atoms with Crippen LogP contribution in [0, 0.1) is 16.6 Å². The Labute approximate surface area is 159 Å². The number of aliphatic hydroxyl groups is 1. The maximum Gasteiger partial charge on any atom is 0.148 e. The first-order valence-corrected chi connectivity index (χ1v) is 8.54. The van der Waals surface area contributed by atoms with E-state index in [0.29, 0.717) is 27.9 Å². The van der Waals surface area contributed by atoms with E-state index in [4.69, 9.17) is 20.8 Å². The van der Waals surface area contributed by atoms with E-state index in [2.05, 4.69) is 15.2 Å². The normalized spacial score (nSPS) is 11.6. The molecule has 0 spiro atoms. The van der Waals surface area contributed by atoms with Crippen LogP contribution in [-0.4, -0.2) is 44.6 Å². The Bertz CT molecular complexity index is 1110. The molecule has 3 rings (SSSR count). The zero-order valence-corrected chi connectivity index (χ0v) is 15.2. The quantitative estimate of drug-likeness (QED) is 0.261. The lowest BCUT2D eigenvalue weighted by molar-refractivity contribution is 0.0986. The van der Waals surface area contributed by atoms with E-state index in [-0.39, 0.29) is 31.0 Å². The molecule has 3 N–H and O–H groups in total. The number of hydrogen-bond acceptors (Lipinski definition) is 7. The molecule has 144 valence electrons. The molecular weight excluding hydrogens is 363 g/mol. The Morgan fingerprint density at radius 2 is 2.11 bits per heavy atom. The summed E-state index contributed by atoms with van der Waals surface area (Å²) in [5.41, 5.74) is 1.68. The highest BCUT2D eigenvalue weighted by molar-refractivity contribution is 5.96. The third-order valence-corrected chi connectivity index (χ3v) is 4.00. The van der Waals surface area contributed by atoms with Crippen molar-refractivity contribution in [3.8, 4) is 0 Å². The molecule has 0 atom stereocenters. The summed E-state index contributed by atoms with van der Waals surface area (Å²) in [6, 6.07) is 9.63. The van der Waals surface area contributed by atoms with Crippen LogP contribution in [0.25, 0.3) is 10.9 Å². The van der Waals surface area contributed by atoms with Gasteiger partial charge in [0, 0.05) is 18.0 Å². The van der Waals surface area contributed by atoms with Crippen molar-refractivity contribution in [1.82, 2.24) is 14.8 Å². The van der Waals surface area contributed by atoms with Gasteiger partial charge in [0.15, 0.2) is 0 Å². The number of nitrogens with zero attached hydrogens (tertiary/aromatic N) is 4. The van der Waals surface area contributed by atoms with Gasteiger partial charge in [0.05, 0.1) is 12.1 Å². The molecule has 0 saturated carbocycles. The SMILES string of the molecule is CC(=NOCCO)c1ccc(=N)n(C(=N)Cc2ccc3ncccc3c2F)n1. The monoisotopic (exact) mass is 382 g/mol. The molecule has 9 heteroatoms. The maximum atomic E-state index is 14.8. The van der Waals surface area contributed by atoms with Gasteiger partial charge >= 0.3 is 0 Å². The van der Waals surface area contributed by atoms with Gasteiger partial charge in [-0.3, -0.25) is 15.8 Å². The molecule has 0 aliphatic heterocycles. The molecule has 0 aliphatic carbocycles. The molecule has 0 amide bonds. The van der Waals surface area contributed by atoms with Crippen LogP contribution in [0.1, 0.15) is 18.2 Å². The van der Waals surface area contributed by atoms with Crippen molar-refractivity contribution in [1.29, 1.82) is 10.8 Å². The highest BCUT2D eigenvalue weighted by atomic mass is 19.1. The van der Waals surface area contributed by atoms with Crippen molar-refractivity contribution in [2.75, 3.05) is 13.2 Å². The number of nitrogens with one attached hydrogen (secondary N) is 2. The molecule has 0 fully saturated rings. The van der Waals surface area contributed by atoms with Gasteiger partial charge in [0.1, 0.15) is 35.2 Å². The second-order valence-corrected chi connectivity index (χ2v) is 5.98. The van der Waals surface area contributed by atoms with E-state index >= 15 is 0 Å². The molecule has 28 heavy (non-hydrogen) atoms. The third-order valence-electron chi connectivity index (χ3n) is 4.00. The molecule has 8 nitrogen and oxygen atoms in total. The number of fused-ring (bicyclic) bond motifs is 1. The number of hydrogen-bond donors (Lipinski definition) is 3. The lowest BCUT2D eigenvalue weighted by atomic mass is 10.1. The van der Waals surface area contributed by atoms with Crippen LogP contribution in [0.15, 0.2) is 47.8 Å². The number of aromatic nitrogens is 3. The zero-order chi connectivity index (χ0) is 20.1. The largest absolute Gasteiger partial charge is 0.393 e. The van der Waals surface area contributed by atoms with Crippen molar-refractivity contribution < 1.29 is 14.3 Å². The molecule has 0 aliphatic rings. The van der Waals surface area contributed by atoms with E-state index in [1.165, 1.54) is 6.07 Å². The summed E-state index contributed by atoms with van der Waals surface area (Å²) >= 11 is 0. The summed E-state index contributed by atoms with van der Waals surface area (Å²) in [5, 5.41) is 33.5. The number of oxime groups is 1. The van der Waals surface area contributed by atoms with E-state index in [9.17, 15) is 4.39 Å². The Balaban J connectivity index is 1.89. The minimum absolute atomic E-state index is 0.0132. The van der Waals surface area contributed by atoms with Crippen LogP contribution in [0.5, 0.6) is 0 Å². The van der Waals surface area contributed by atoms with Crippen molar-refractivity contribution in [3.05, 3.63) is 65.2 Å². The molecule has 2 heterocycles. The van der Waals surface area contributed by atoms with Crippen LogP contribution >= 0.6 is 0 Å². The van der Waals surface area contributed by atoms with Crippen molar-refractivity contribution in [2.45, 2.75) is 13.3 Å². The molecule has 0 saturated heterocycles. The fourth-order valence-corrected chi connectivity index (χ4v) is 2.61. The molecule has 3 aromatic rings. The van der Waals surface area contributed by atoms with Gasteiger partial charge in [-0.1, -0.05) is 11.2 Å². The first kappa shape index (κ1) is 19.3. The molecular formula is C19H19FN6O2. The van der Waals surface area contributed by atoms with Gasteiger partial charge in [0.2, 0.25) is 0 Å². The summed E-state index contributed by atoms with van der Waals surface area (Å²) < 4.78 is 15.9. The average molecular weight is 382 g/mol.